The van der Waals surface area contributed by atoms with E-state index in [-0.39, 0.29) is 0 Å². The molecule has 92 valence electrons. The molecule has 0 atom stereocenters. The Morgan fingerprint density at radius 2 is 1.44 bits per heavy atom. The van der Waals surface area contributed by atoms with Crippen molar-refractivity contribution in [3.63, 3.8) is 0 Å². The molecular weight excluding hydrogens is 236 g/mol. The van der Waals surface area contributed by atoms with Gasteiger partial charge in [-0.05, 0) is 49.3 Å². The molecule has 2 heteroatoms. The summed E-state index contributed by atoms with van der Waals surface area (Å²) in [7, 11) is -1.82. The SMILES string of the molecule is Cc1ccc2c(c1)O[Si](C)(C)c1cc(C)ccc1-2. The van der Waals surface area contributed by atoms with Crippen molar-refractivity contribution in [2.45, 2.75) is 26.9 Å². The molecule has 0 bridgehead atoms. The zero-order valence-corrected chi connectivity index (χ0v) is 12.4. The first kappa shape index (κ1) is 11.5. The van der Waals surface area contributed by atoms with E-state index in [4.69, 9.17) is 4.43 Å². The molecule has 0 radical (unpaired) electrons. The van der Waals surface area contributed by atoms with Crippen LogP contribution in [0.1, 0.15) is 11.1 Å². The molecule has 0 aliphatic carbocycles. The Balaban J connectivity index is 2.31. The predicted molar refractivity (Wildman–Crippen MR) is 79.1 cm³/mol. The normalized spacial score (nSPS) is 15.6. The molecular formula is C16H18OSi. The average Bonchev–Trinajstić information content (AvgIpc) is 2.28. The summed E-state index contributed by atoms with van der Waals surface area (Å²) in [4.78, 5) is 0. The second-order valence-corrected chi connectivity index (χ2v) is 9.42. The van der Waals surface area contributed by atoms with Gasteiger partial charge in [-0.15, -0.1) is 0 Å². The molecule has 1 nitrogen and oxygen atoms in total. The van der Waals surface area contributed by atoms with E-state index < -0.39 is 8.32 Å². The van der Waals surface area contributed by atoms with Crippen LogP contribution in [-0.2, 0) is 0 Å². The second kappa shape index (κ2) is 3.72. The molecule has 3 rings (SSSR count). The van der Waals surface area contributed by atoms with Crippen LogP contribution in [-0.4, -0.2) is 8.32 Å². The standard InChI is InChI=1S/C16H18OSi/c1-11-5-7-13-14-8-6-12(2)10-16(14)18(3,4)17-15(13)9-11/h5-10H,1-4H3. The van der Waals surface area contributed by atoms with Crippen LogP contribution in [0.4, 0.5) is 0 Å². The van der Waals surface area contributed by atoms with E-state index in [2.05, 4.69) is 63.3 Å². The molecule has 0 aromatic heterocycles. The maximum atomic E-state index is 6.32. The molecule has 0 amide bonds. The molecule has 2 aromatic rings. The summed E-state index contributed by atoms with van der Waals surface area (Å²) in [6.07, 6.45) is 0. The Labute approximate surface area is 110 Å². The van der Waals surface area contributed by atoms with Crippen LogP contribution in [0.5, 0.6) is 5.75 Å². The van der Waals surface area contributed by atoms with Crippen molar-refractivity contribution in [1.29, 1.82) is 0 Å². The molecule has 0 fully saturated rings. The lowest BCUT2D eigenvalue weighted by atomic mass is 10.0. The summed E-state index contributed by atoms with van der Waals surface area (Å²) in [5.41, 5.74) is 5.17. The van der Waals surface area contributed by atoms with Crippen molar-refractivity contribution in [1.82, 2.24) is 0 Å². The molecule has 0 saturated heterocycles. The third-order valence-corrected chi connectivity index (χ3v) is 6.06. The lowest BCUT2D eigenvalue weighted by Gasteiger charge is -2.33. The monoisotopic (exact) mass is 254 g/mol. The zero-order chi connectivity index (χ0) is 12.9. The number of aryl methyl sites for hydroxylation is 2. The van der Waals surface area contributed by atoms with Crippen LogP contribution in [0, 0.1) is 13.8 Å². The van der Waals surface area contributed by atoms with Crippen molar-refractivity contribution >= 4 is 13.5 Å². The Morgan fingerprint density at radius 3 is 2.17 bits per heavy atom. The molecule has 0 saturated carbocycles. The number of benzene rings is 2. The van der Waals surface area contributed by atoms with Gasteiger partial charge in [-0.2, -0.15) is 0 Å². The summed E-state index contributed by atoms with van der Waals surface area (Å²) < 4.78 is 6.32. The van der Waals surface area contributed by atoms with Crippen molar-refractivity contribution < 1.29 is 4.43 Å². The van der Waals surface area contributed by atoms with E-state index in [0.29, 0.717) is 0 Å². The van der Waals surface area contributed by atoms with E-state index in [9.17, 15) is 0 Å². The smallest absolute Gasteiger partial charge is 0.277 e. The van der Waals surface area contributed by atoms with Gasteiger partial charge in [-0.3, -0.25) is 0 Å². The summed E-state index contributed by atoms with van der Waals surface area (Å²) in [5.74, 6) is 1.06. The van der Waals surface area contributed by atoms with Crippen molar-refractivity contribution in [3.8, 4) is 16.9 Å². The first-order valence-corrected chi connectivity index (χ1v) is 9.29. The lowest BCUT2D eigenvalue weighted by molar-refractivity contribution is 0.562. The van der Waals surface area contributed by atoms with Gasteiger partial charge in [0.1, 0.15) is 5.75 Å². The minimum atomic E-state index is -1.82. The van der Waals surface area contributed by atoms with Gasteiger partial charge in [0.05, 0.1) is 0 Å². The number of hydrogen-bond acceptors (Lipinski definition) is 1. The van der Waals surface area contributed by atoms with Crippen LogP contribution >= 0.6 is 0 Å². The first-order chi connectivity index (χ1) is 8.47. The zero-order valence-electron chi connectivity index (χ0n) is 11.4. The van der Waals surface area contributed by atoms with E-state index in [0.717, 1.165) is 5.75 Å². The fourth-order valence-corrected chi connectivity index (χ4v) is 4.93. The van der Waals surface area contributed by atoms with Gasteiger partial charge in [-0.25, -0.2) is 0 Å². The highest BCUT2D eigenvalue weighted by Crippen LogP contribution is 2.36. The molecule has 18 heavy (non-hydrogen) atoms. The fourth-order valence-electron chi connectivity index (χ4n) is 2.66. The van der Waals surface area contributed by atoms with Gasteiger partial charge in [-0.1, -0.05) is 35.9 Å². The summed E-state index contributed by atoms with van der Waals surface area (Å²) in [6, 6.07) is 13.2. The van der Waals surface area contributed by atoms with Gasteiger partial charge in [0.2, 0.25) is 0 Å². The Hall–Kier alpha value is -1.54. The first-order valence-electron chi connectivity index (χ1n) is 6.38. The minimum Gasteiger partial charge on any atom is -0.539 e. The van der Waals surface area contributed by atoms with E-state index in [1.54, 1.807) is 0 Å². The molecule has 0 spiro atoms. The fraction of sp³-hybridized carbons (Fsp3) is 0.250. The van der Waals surface area contributed by atoms with Crippen molar-refractivity contribution in [3.05, 3.63) is 47.5 Å². The van der Waals surface area contributed by atoms with Crippen LogP contribution < -0.4 is 9.61 Å². The highest BCUT2D eigenvalue weighted by Gasteiger charge is 2.35. The number of rotatable bonds is 0. The third kappa shape index (κ3) is 1.68. The van der Waals surface area contributed by atoms with Gasteiger partial charge in [0.15, 0.2) is 0 Å². The molecule has 0 unspecified atom stereocenters. The molecule has 1 heterocycles. The maximum Gasteiger partial charge on any atom is 0.277 e. The van der Waals surface area contributed by atoms with E-state index in [1.165, 1.54) is 27.4 Å². The quantitative estimate of drug-likeness (QED) is 0.650. The van der Waals surface area contributed by atoms with Crippen LogP contribution in [0.15, 0.2) is 36.4 Å². The highest BCUT2D eigenvalue weighted by atomic mass is 28.4. The second-order valence-electron chi connectivity index (χ2n) is 5.66. The molecule has 0 N–H and O–H groups in total. The molecule has 1 aliphatic heterocycles. The molecule has 1 aliphatic rings. The van der Waals surface area contributed by atoms with Gasteiger partial charge in [0, 0.05) is 5.56 Å². The van der Waals surface area contributed by atoms with Gasteiger partial charge < -0.3 is 4.43 Å². The van der Waals surface area contributed by atoms with Gasteiger partial charge in [0.25, 0.3) is 8.32 Å². The van der Waals surface area contributed by atoms with E-state index >= 15 is 0 Å². The van der Waals surface area contributed by atoms with Crippen LogP contribution in [0.25, 0.3) is 11.1 Å². The third-order valence-electron chi connectivity index (χ3n) is 3.62. The van der Waals surface area contributed by atoms with E-state index in [1.807, 2.05) is 0 Å². The predicted octanol–water partition coefficient (Wildman–Crippen LogP) is 3.77. The van der Waals surface area contributed by atoms with Crippen molar-refractivity contribution in [2.24, 2.45) is 0 Å². The Kier molecular flexibility index (Phi) is 2.39. The maximum absolute atomic E-state index is 6.32. The summed E-state index contributed by atoms with van der Waals surface area (Å²) in [6.45, 7) is 8.81. The topological polar surface area (TPSA) is 9.23 Å². The highest BCUT2D eigenvalue weighted by molar-refractivity contribution is 6.86. The van der Waals surface area contributed by atoms with Crippen LogP contribution in [0.3, 0.4) is 0 Å². The van der Waals surface area contributed by atoms with Crippen molar-refractivity contribution in [2.75, 3.05) is 0 Å². The Bertz CT molecular complexity index is 629. The van der Waals surface area contributed by atoms with Crippen LogP contribution in [0.2, 0.25) is 13.1 Å². The largest absolute Gasteiger partial charge is 0.539 e. The molecule has 2 aromatic carbocycles. The summed E-state index contributed by atoms with van der Waals surface area (Å²) in [5, 5.41) is 1.42. The average molecular weight is 254 g/mol. The minimum absolute atomic E-state index is 1.06. The number of fused-ring (bicyclic) bond motifs is 3. The van der Waals surface area contributed by atoms with Gasteiger partial charge >= 0.3 is 0 Å². The summed E-state index contributed by atoms with van der Waals surface area (Å²) >= 11 is 0. The number of hydrogen-bond donors (Lipinski definition) is 0. The lowest BCUT2D eigenvalue weighted by Crippen LogP contribution is -2.51. The Morgan fingerprint density at radius 1 is 0.833 bits per heavy atom.